The summed E-state index contributed by atoms with van der Waals surface area (Å²) in [4.78, 5) is 6.94. The van der Waals surface area contributed by atoms with E-state index in [0.717, 1.165) is 0 Å². The summed E-state index contributed by atoms with van der Waals surface area (Å²) in [6, 6.07) is 0. The van der Waals surface area contributed by atoms with E-state index in [1.165, 1.54) is 5.32 Å². The van der Waals surface area contributed by atoms with Crippen LogP contribution in [-0.4, -0.2) is 23.2 Å². The summed E-state index contributed by atoms with van der Waals surface area (Å²) >= 11 is 1.88. The lowest BCUT2D eigenvalue weighted by Crippen LogP contribution is -2.41. The Kier molecular flexibility index (Phi) is 3.49. The molecule has 0 aromatic rings. The molecule has 0 saturated heterocycles. The van der Waals surface area contributed by atoms with Gasteiger partial charge in [-0.05, 0) is 15.9 Å². The number of halogens is 5. The second-order valence-corrected chi connectivity index (χ2v) is 3.35. The minimum absolute atomic E-state index is 0.328. The fourth-order valence-corrected chi connectivity index (χ4v) is 0.476. The number of hydrogen-bond donors (Lipinski definition) is 1. The molecule has 0 rings (SSSR count). The molecule has 0 aromatic heterocycles. The average Bonchev–Trinajstić information content (AvgIpc) is 1.78. The molecule has 0 spiro atoms. The smallest absolute Gasteiger partial charge is 0.321 e. The van der Waals surface area contributed by atoms with Crippen LogP contribution >= 0.6 is 15.9 Å². The zero-order chi connectivity index (χ0) is 9.99. The number of alkyl halides is 5. The molecule has 0 aromatic carbocycles. The van der Waals surface area contributed by atoms with Gasteiger partial charge >= 0.3 is 10.8 Å². The molecule has 72 valence electrons. The lowest BCUT2D eigenvalue weighted by molar-refractivity contribution is -0.143. The highest BCUT2D eigenvalue weighted by atomic mass is 79.9. The van der Waals surface area contributed by atoms with Crippen molar-refractivity contribution in [2.45, 2.75) is 17.7 Å². The Labute approximate surface area is 74.4 Å². The largest absolute Gasteiger partial charge is 0.344 e. The Bertz CT molecular complexity index is 173. The minimum atomic E-state index is -3.63. The average molecular weight is 252 g/mol. The van der Waals surface area contributed by atoms with Crippen LogP contribution in [0.4, 0.5) is 17.6 Å². The van der Waals surface area contributed by atoms with Crippen LogP contribution in [0.2, 0.25) is 0 Å². The third kappa shape index (κ3) is 5.34. The molecule has 0 atom stereocenters. The SMILES string of the molecule is CC(F)(F)C(=O)NCC(F)(F)Br. The van der Waals surface area contributed by atoms with Crippen molar-refractivity contribution in [1.29, 1.82) is 0 Å². The van der Waals surface area contributed by atoms with Crippen molar-refractivity contribution in [2.24, 2.45) is 0 Å². The molecule has 7 heteroatoms. The number of hydrogen-bond acceptors (Lipinski definition) is 1. The van der Waals surface area contributed by atoms with Crippen molar-refractivity contribution in [2.75, 3.05) is 6.54 Å². The van der Waals surface area contributed by atoms with Gasteiger partial charge in [0.1, 0.15) is 0 Å². The van der Waals surface area contributed by atoms with Crippen LogP contribution in [0.3, 0.4) is 0 Å². The quantitative estimate of drug-likeness (QED) is 0.601. The number of carbonyl (C=O) groups is 1. The van der Waals surface area contributed by atoms with Crippen molar-refractivity contribution in [3.63, 3.8) is 0 Å². The number of amides is 1. The monoisotopic (exact) mass is 251 g/mol. The van der Waals surface area contributed by atoms with Gasteiger partial charge in [0.15, 0.2) is 0 Å². The maximum absolute atomic E-state index is 12.0. The standard InChI is InChI=1S/C5H6BrF4NO/c1-4(7,8)3(12)11-2-5(6,9)10/h2H2,1H3,(H,11,12). The lowest BCUT2D eigenvalue weighted by atomic mass is 10.3. The van der Waals surface area contributed by atoms with E-state index in [-0.39, 0.29) is 0 Å². The van der Waals surface area contributed by atoms with E-state index in [9.17, 15) is 22.4 Å². The van der Waals surface area contributed by atoms with E-state index < -0.39 is 23.2 Å². The summed E-state index contributed by atoms with van der Waals surface area (Å²) < 4.78 is 47.9. The number of rotatable bonds is 3. The summed E-state index contributed by atoms with van der Waals surface area (Å²) in [5.74, 6) is -5.35. The van der Waals surface area contributed by atoms with Gasteiger partial charge in [-0.2, -0.15) is 17.6 Å². The van der Waals surface area contributed by atoms with Crippen LogP contribution in [0.1, 0.15) is 6.92 Å². The molecule has 1 amide bonds. The van der Waals surface area contributed by atoms with Crippen molar-refractivity contribution >= 4 is 21.8 Å². The Hall–Kier alpha value is -0.330. The first-order valence-electron chi connectivity index (χ1n) is 2.86. The van der Waals surface area contributed by atoms with Gasteiger partial charge in [-0.15, -0.1) is 0 Å². The van der Waals surface area contributed by atoms with E-state index in [0.29, 0.717) is 6.92 Å². The number of carbonyl (C=O) groups excluding carboxylic acids is 1. The van der Waals surface area contributed by atoms with Crippen molar-refractivity contribution in [3.8, 4) is 0 Å². The van der Waals surface area contributed by atoms with Gasteiger partial charge < -0.3 is 5.32 Å². The molecular weight excluding hydrogens is 246 g/mol. The molecule has 0 saturated carbocycles. The molecule has 0 bridgehead atoms. The molecule has 0 aliphatic heterocycles. The molecule has 1 N–H and O–H groups in total. The molecule has 0 heterocycles. The normalized spacial score (nSPS) is 12.8. The fourth-order valence-electron chi connectivity index (χ4n) is 0.336. The van der Waals surface area contributed by atoms with Gasteiger partial charge in [0.25, 0.3) is 5.91 Å². The van der Waals surface area contributed by atoms with Crippen molar-refractivity contribution in [3.05, 3.63) is 0 Å². The summed E-state index contributed by atoms with van der Waals surface area (Å²) in [6.07, 6.45) is 0. The summed E-state index contributed by atoms with van der Waals surface area (Å²) in [6.45, 7) is -0.829. The van der Waals surface area contributed by atoms with Crippen LogP contribution in [0.15, 0.2) is 0 Å². The van der Waals surface area contributed by atoms with Gasteiger partial charge in [-0.25, -0.2) is 0 Å². The highest BCUT2D eigenvalue weighted by Gasteiger charge is 2.34. The first-order chi connectivity index (χ1) is 5.13. The van der Waals surface area contributed by atoms with Crippen LogP contribution in [-0.2, 0) is 4.79 Å². The zero-order valence-corrected chi connectivity index (χ0v) is 7.59. The van der Waals surface area contributed by atoms with Crippen molar-refractivity contribution in [1.82, 2.24) is 5.32 Å². The number of nitrogens with one attached hydrogen (secondary N) is 1. The molecule has 0 radical (unpaired) electrons. The second kappa shape index (κ2) is 3.59. The van der Waals surface area contributed by atoms with Gasteiger partial charge in [-0.1, -0.05) is 0 Å². The maximum atomic E-state index is 12.0. The van der Waals surface area contributed by atoms with Gasteiger partial charge in [-0.3, -0.25) is 4.79 Å². The molecule has 0 aliphatic carbocycles. The summed E-state index contributed by atoms with van der Waals surface area (Å²) in [5, 5.41) is 1.38. The zero-order valence-electron chi connectivity index (χ0n) is 6.01. The third-order valence-corrected chi connectivity index (χ3v) is 1.13. The molecule has 0 aliphatic rings. The molecule has 0 fully saturated rings. The highest BCUT2D eigenvalue weighted by Crippen LogP contribution is 2.20. The van der Waals surface area contributed by atoms with E-state index >= 15 is 0 Å². The van der Waals surface area contributed by atoms with Gasteiger partial charge in [0.05, 0.1) is 6.54 Å². The van der Waals surface area contributed by atoms with E-state index in [1.54, 1.807) is 0 Å². The van der Waals surface area contributed by atoms with E-state index in [1.807, 2.05) is 15.9 Å². The van der Waals surface area contributed by atoms with Crippen molar-refractivity contribution < 1.29 is 22.4 Å². The molecule has 2 nitrogen and oxygen atoms in total. The van der Waals surface area contributed by atoms with Gasteiger partial charge in [0.2, 0.25) is 0 Å². The first kappa shape index (κ1) is 11.7. The minimum Gasteiger partial charge on any atom is -0.344 e. The molecular formula is C5H6BrF4NO. The topological polar surface area (TPSA) is 29.1 Å². The van der Waals surface area contributed by atoms with Crippen LogP contribution in [0.5, 0.6) is 0 Å². The predicted molar refractivity (Wildman–Crippen MR) is 37.5 cm³/mol. The Morgan fingerprint density at radius 1 is 1.42 bits per heavy atom. The summed E-state index contributed by atoms with van der Waals surface area (Å²) in [5.41, 5.74) is 0. The lowest BCUT2D eigenvalue weighted by Gasteiger charge is -2.13. The maximum Gasteiger partial charge on any atom is 0.321 e. The van der Waals surface area contributed by atoms with Gasteiger partial charge in [0, 0.05) is 6.92 Å². The summed E-state index contributed by atoms with van der Waals surface area (Å²) in [7, 11) is 0. The predicted octanol–water partition coefficient (Wildman–Crippen LogP) is 1.75. The Balaban J connectivity index is 3.90. The van der Waals surface area contributed by atoms with Crippen LogP contribution in [0.25, 0.3) is 0 Å². The van der Waals surface area contributed by atoms with E-state index in [4.69, 9.17) is 0 Å². The second-order valence-electron chi connectivity index (χ2n) is 2.19. The van der Waals surface area contributed by atoms with Crippen LogP contribution in [0, 0.1) is 0 Å². The fraction of sp³-hybridized carbons (Fsp3) is 0.800. The Morgan fingerprint density at radius 3 is 2.08 bits per heavy atom. The highest BCUT2D eigenvalue weighted by molar-refractivity contribution is 9.10. The third-order valence-electron chi connectivity index (χ3n) is 0.848. The van der Waals surface area contributed by atoms with Crippen LogP contribution < -0.4 is 5.32 Å². The molecule has 0 unspecified atom stereocenters. The van der Waals surface area contributed by atoms with E-state index in [2.05, 4.69) is 0 Å². The first-order valence-corrected chi connectivity index (χ1v) is 3.65. The molecule has 12 heavy (non-hydrogen) atoms. The Morgan fingerprint density at radius 2 is 1.83 bits per heavy atom.